The van der Waals surface area contributed by atoms with Crippen LogP contribution in [0.4, 0.5) is 0 Å². The van der Waals surface area contributed by atoms with E-state index in [0.29, 0.717) is 12.0 Å². The predicted molar refractivity (Wildman–Crippen MR) is 51.5 cm³/mol. The number of carbonyl (C=O) groups is 2. The minimum atomic E-state index is -0.935. The molecule has 4 heteroatoms. The Balaban J connectivity index is 2.98. The van der Waals surface area contributed by atoms with Crippen molar-refractivity contribution in [1.29, 1.82) is 0 Å². The Morgan fingerprint density at radius 2 is 2.21 bits per heavy atom. The first kappa shape index (κ1) is 10.8. The number of aliphatic carboxylic acids is 1. The summed E-state index contributed by atoms with van der Waals surface area (Å²) in [4.78, 5) is 23.9. The van der Waals surface area contributed by atoms with Gasteiger partial charge >= 0.3 is 5.97 Å². The summed E-state index contributed by atoms with van der Waals surface area (Å²) in [6.45, 7) is 5.49. The Hall–Kier alpha value is -1.32. The number of hydrogen-bond donors (Lipinski definition) is 1. The predicted octanol–water partition coefficient (Wildman–Crippen LogP) is 1.23. The van der Waals surface area contributed by atoms with Crippen LogP contribution in [0, 0.1) is 5.92 Å². The molecule has 78 valence electrons. The van der Waals surface area contributed by atoms with Crippen LogP contribution in [0.15, 0.2) is 11.8 Å². The van der Waals surface area contributed by atoms with Gasteiger partial charge in [0, 0.05) is 18.2 Å². The number of nitrogens with zero attached hydrogens (tertiary/aromatic N) is 1. The quantitative estimate of drug-likeness (QED) is 0.724. The molecule has 0 bridgehead atoms. The molecule has 0 spiro atoms. The average Bonchev–Trinajstić information content (AvgIpc) is 2.08. The van der Waals surface area contributed by atoms with Crippen molar-refractivity contribution in [2.45, 2.75) is 33.2 Å². The van der Waals surface area contributed by atoms with E-state index in [9.17, 15) is 9.59 Å². The summed E-state index contributed by atoms with van der Waals surface area (Å²) in [5.41, 5.74) is 0.311. The highest BCUT2D eigenvalue weighted by Crippen LogP contribution is 2.23. The van der Waals surface area contributed by atoms with Crippen molar-refractivity contribution in [2.75, 3.05) is 0 Å². The standard InChI is InChI=1S/C10H15NO3/c1-6(2)11-5-8(10(13)14)4-7(3)9(11)12/h5-7H,4H2,1-3H3,(H,13,14). The van der Waals surface area contributed by atoms with Crippen molar-refractivity contribution < 1.29 is 14.7 Å². The molecule has 4 nitrogen and oxygen atoms in total. The number of carboxylic acids is 1. The van der Waals surface area contributed by atoms with Crippen LogP contribution in [0.2, 0.25) is 0 Å². The van der Waals surface area contributed by atoms with Crippen LogP contribution in [0.25, 0.3) is 0 Å². The van der Waals surface area contributed by atoms with Gasteiger partial charge in [-0.05, 0) is 20.3 Å². The second-order valence-corrected chi connectivity index (χ2v) is 3.90. The SMILES string of the molecule is CC1CC(C(=O)O)=CN(C(C)C)C1=O. The molecule has 0 aromatic carbocycles. The third-order valence-electron chi connectivity index (χ3n) is 2.33. The van der Waals surface area contributed by atoms with E-state index in [2.05, 4.69) is 0 Å². The lowest BCUT2D eigenvalue weighted by molar-refractivity contribution is -0.136. The van der Waals surface area contributed by atoms with E-state index in [1.165, 1.54) is 11.1 Å². The molecule has 0 aliphatic carbocycles. The van der Waals surface area contributed by atoms with E-state index in [1.54, 1.807) is 6.92 Å². The second-order valence-electron chi connectivity index (χ2n) is 3.90. The fourth-order valence-corrected chi connectivity index (χ4v) is 1.50. The van der Waals surface area contributed by atoms with Gasteiger partial charge in [-0.2, -0.15) is 0 Å². The zero-order chi connectivity index (χ0) is 10.9. The molecule has 1 N–H and O–H groups in total. The Bertz CT molecular complexity index is 294. The summed E-state index contributed by atoms with van der Waals surface area (Å²) in [7, 11) is 0. The molecule has 0 fully saturated rings. The zero-order valence-electron chi connectivity index (χ0n) is 8.65. The molecule has 1 rings (SSSR count). The van der Waals surface area contributed by atoms with Crippen LogP contribution in [0.1, 0.15) is 27.2 Å². The van der Waals surface area contributed by atoms with Crippen molar-refractivity contribution in [3.63, 3.8) is 0 Å². The second kappa shape index (κ2) is 3.82. The molecule has 0 aromatic rings. The summed E-state index contributed by atoms with van der Waals surface area (Å²) in [6, 6.07) is 0.0135. The van der Waals surface area contributed by atoms with E-state index in [4.69, 9.17) is 5.11 Å². The van der Waals surface area contributed by atoms with Gasteiger partial charge in [-0.3, -0.25) is 4.79 Å². The molecular weight excluding hydrogens is 182 g/mol. The van der Waals surface area contributed by atoms with Crippen LogP contribution >= 0.6 is 0 Å². The lowest BCUT2D eigenvalue weighted by Gasteiger charge is -2.30. The fraction of sp³-hybridized carbons (Fsp3) is 0.600. The maximum absolute atomic E-state index is 11.6. The Morgan fingerprint density at radius 1 is 1.64 bits per heavy atom. The molecule has 1 atom stereocenters. The van der Waals surface area contributed by atoms with Crippen molar-refractivity contribution in [3.05, 3.63) is 11.8 Å². The lowest BCUT2D eigenvalue weighted by atomic mass is 9.96. The number of hydrogen-bond acceptors (Lipinski definition) is 2. The van der Waals surface area contributed by atoms with Gasteiger partial charge in [0.15, 0.2) is 0 Å². The fourth-order valence-electron chi connectivity index (χ4n) is 1.50. The van der Waals surface area contributed by atoms with Gasteiger partial charge in [-0.15, -0.1) is 0 Å². The van der Waals surface area contributed by atoms with Crippen molar-refractivity contribution >= 4 is 11.9 Å². The van der Waals surface area contributed by atoms with Crippen LogP contribution in [0.3, 0.4) is 0 Å². The summed E-state index contributed by atoms with van der Waals surface area (Å²) in [5.74, 6) is -1.16. The van der Waals surface area contributed by atoms with Crippen LogP contribution in [0.5, 0.6) is 0 Å². The molecule has 0 radical (unpaired) electrons. The summed E-state index contributed by atoms with van der Waals surface area (Å²) in [5, 5.41) is 8.84. The van der Waals surface area contributed by atoms with Gasteiger partial charge in [0.05, 0.1) is 5.57 Å². The average molecular weight is 197 g/mol. The van der Waals surface area contributed by atoms with Gasteiger partial charge in [-0.1, -0.05) is 6.92 Å². The Kier molecular flexibility index (Phi) is 2.93. The molecule has 0 saturated carbocycles. The Labute approximate surface area is 83.2 Å². The minimum Gasteiger partial charge on any atom is -0.478 e. The van der Waals surface area contributed by atoms with E-state index in [1.807, 2.05) is 13.8 Å². The monoisotopic (exact) mass is 197 g/mol. The molecular formula is C10H15NO3. The number of carboxylic acid groups (broad SMARTS) is 1. The topological polar surface area (TPSA) is 57.6 Å². The molecule has 1 heterocycles. The van der Waals surface area contributed by atoms with Gasteiger partial charge in [0.25, 0.3) is 0 Å². The van der Waals surface area contributed by atoms with Gasteiger partial charge < -0.3 is 10.0 Å². The first-order valence-electron chi connectivity index (χ1n) is 4.69. The number of carbonyl (C=O) groups excluding carboxylic acids is 1. The van der Waals surface area contributed by atoms with Crippen LogP contribution < -0.4 is 0 Å². The first-order chi connectivity index (χ1) is 6.43. The molecule has 1 aliphatic rings. The maximum atomic E-state index is 11.6. The van der Waals surface area contributed by atoms with Gasteiger partial charge in [0.1, 0.15) is 0 Å². The molecule has 14 heavy (non-hydrogen) atoms. The number of amides is 1. The molecule has 1 aliphatic heterocycles. The van der Waals surface area contributed by atoms with Gasteiger partial charge in [0.2, 0.25) is 5.91 Å². The third kappa shape index (κ3) is 1.95. The smallest absolute Gasteiger partial charge is 0.333 e. The molecule has 0 saturated heterocycles. The van der Waals surface area contributed by atoms with Gasteiger partial charge in [-0.25, -0.2) is 4.79 Å². The molecule has 1 unspecified atom stereocenters. The highest BCUT2D eigenvalue weighted by atomic mass is 16.4. The van der Waals surface area contributed by atoms with E-state index < -0.39 is 5.97 Å². The highest BCUT2D eigenvalue weighted by molar-refractivity contribution is 5.91. The van der Waals surface area contributed by atoms with Crippen LogP contribution in [-0.4, -0.2) is 27.9 Å². The largest absolute Gasteiger partial charge is 0.478 e. The van der Waals surface area contributed by atoms with E-state index in [0.717, 1.165) is 0 Å². The number of rotatable bonds is 2. The summed E-state index contributed by atoms with van der Waals surface area (Å²) in [6.07, 6.45) is 1.78. The Morgan fingerprint density at radius 3 is 2.64 bits per heavy atom. The normalized spacial score (nSPS) is 22.6. The maximum Gasteiger partial charge on any atom is 0.333 e. The van der Waals surface area contributed by atoms with Crippen molar-refractivity contribution in [3.8, 4) is 0 Å². The van der Waals surface area contributed by atoms with E-state index in [-0.39, 0.29) is 17.9 Å². The summed E-state index contributed by atoms with van der Waals surface area (Å²) >= 11 is 0. The zero-order valence-corrected chi connectivity index (χ0v) is 8.65. The third-order valence-corrected chi connectivity index (χ3v) is 2.33. The van der Waals surface area contributed by atoms with Crippen LogP contribution in [-0.2, 0) is 9.59 Å². The van der Waals surface area contributed by atoms with Crippen molar-refractivity contribution in [2.24, 2.45) is 5.92 Å². The highest BCUT2D eigenvalue weighted by Gasteiger charge is 2.29. The van der Waals surface area contributed by atoms with E-state index >= 15 is 0 Å². The summed E-state index contributed by atoms with van der Waals surface area (Å²) < 4.78 is 0. The molecule has 0 aromatic heterocycles. The lowest BCUT2D eigenvalue weighted by Crippen LogP contribution is -2.40. The molecule has 1 amide bonds. The first-order valence-corrected chi connectivity index (χ1v) is 4.69. The minimum absolute atomic E-state index is 0.00463. The van der Waals surface area contributed by atoms with Crippen molar-refractivity contribution in [1.82, 2.24) is 4.90 Å².